The fourth-order valence-corrected chi connectivity index (χ4v) is 1.98. The fourth-order valence-electron chi connectivity index (χ4n) is 1.08. The van der Waals surface area contributed by atoms with E-state index in [1.807, 2.05) is 12.1 Å². The van der Waals surface area contributed by atoms with Gasteiger partial charge in [0.1, 0.15) is 5.75 Å². The number of carbonyl (C=O) groups is 1. The largest absolute Gasteiger partial charge is 0.507 e. The van der Waals surface area contributed by atoms with E-state index in [0.29, 0.717) is 12.2 Å². The predicted octanol–water partition coefficient (Wildman–Crippen LogP) is 2.44. The van der Waals surface area contributed by atoms with Crippen molar-refractivity contribution in [1.82, 2.24) is 0 Å². The average Bonchev–Trinajstić information content (AvgIpc) is 2.26. The van der Waals surface area contributed by atoms with Gasteiger partial charge in [0.05, 0.1) is 7.11 Å². The molecule has 0 aromatic heterocycles. The van der Waals surface area contributed by atoms with E-state index in [-0.39, 0.29) is 5.97 Å². The summed E-state index contributed by atoms with van der Waals surface area (Å²) in [6.07, 6.45) is 1.18. The maximum absolute atomic E-state index is 10.8. The Hall–Kier alpha value is -1.16. The van der Waals surface area contributed by atoms with Crippen LogP contribution in [0.25, 0.3) is 0 Å². The Labute approximate surface area is 93.4 Å². The van der Waals surface area contributed by atoms with Gasteiger partial charge in [0.25, 0.3) is 0 Å². The number of methoxy groups -OCH3 is 1. The lowest BCUT2D eigenvalue weighted by atomic mass is 10.3. The Morgan fingerprint density at radius 1 is 1.47 bits per heavy atom. The van der Waals surface area contributed by atoms with Gasteiger partial charge in [-0.1, -0.05) is 12.1 Å². The minimum atomic E-state index is -0.187. The van der Waals surface area contributed by atoms with E-state index in [2.05, 4.69) is 4.74 Å². The molecule has 0 saturated carbocycles. The van der Waals surface area contributed by atoms with Gasteiger partial charge < -0.3 is 9.84 Å². The molecule has 1 aromatic rings. The highest BCUT2D eigenvalue weighted by Gasteiger charge is 2.02. The van der Waals surface area contributed by atoms with Crippen LogP contribution < -0.4 is 0 Å². The Balaban J connectivity index is 2.26. The SMILES string of the molecule is COC(=O)CCCSc1ccccc1O. The van der Waals surface area contributed by atoms with Crippen LogP contribution >= 0.6 is 11.8 Å². The number of para-hydroxylation sites is 1. The fraction of sp³-hybridized carbons (Fsp3) is 0.364. The molecule has 0 atom stereocenters. The van der Waals surface area contributed by atoms with Crippen LogP contribution in [0, 0.1) is 0 Å². The van der Waals surface area contributed by atoms with E-state index in [1.54, 1.807) is 23.9 Å². The number of carbonyl (C=O) groups excluding carboxylic acids is 1. The highest BCUT2D eigenvalue weighted by atomic mass is 32.2. The standard InChI is InChI=1S/C11H14O3S/c1-14-11(13)7-4-8-15-10-6-3-2-5-9(10)12/h2-3,5-6,12H,4,7-8H2,1H3. The van der Waals surface area contributed by atoms with E-state index in [1.165, 1.54) is 7.11 Å². The van der Waals surface area contributed by atoms with Crippen molar-refractivity contribution in [2.24, 2.45) is 0 Å². The molecule has 0 heterocycles. The zero-order valence-corrected chi connectivity index (χ0v) is 9.42. The Morgan fingerprint density at radius 3 is 2.87 bits per heavy atom. The van der Waals surface area contributed by atoms with Crippen molar-refractivity contribution in [2.45, 2.75) is 17.7 Å². The third-order valence-corrected chi connectivity index (χ3v) is 3.02. The van der Waals surface area contributed by atoms with E-state index in [4.69, 9.17) is 0 Å². The maximum Gasteiger partial charge on any atom is 0.305 e. The summed E-state index contributed by atoms with van der Waals surface area (Å²) >= 11 is 1.54. The van der Waals surface area contributed by atoms with Gasteiger partial charge in [-0.15, -0.1) is 11.8 Å². The molecule has 82 valence electrons. The van der Waals surface area contributed by atoms with Crippen LogP contribution in [0.3, 0.4) is 0 Å². The maximum atomic E-state index is 10.8. The van der Waals surface area contributed by atoms with Gasteiger partial charge in [-0.05, 0) is 24.3 Å². The highest BCUT2D eigenvalue weighted by molar-refractivity contribution is 7.99. The van der Waals surface area contributed by atoms with Crippen molar-refractivity contribution >= 4 is 17.7 Å². The Morgan fingerprint density at radius 2 is 2.20 bits per heavy atom. The first-order valence-corrected chi connectivity index (χ1v) is 5.70. The Kier molecular flexibility index (Phi) is 5.04. The molecule has 0 fully saturated rings. The molecule has 15 heavy (non-hydrogen) atoms. The molecule has 0 amide bonds. The van der Waals surface area contributed by atoms with Crippen LogP contribution in [-0.4, -0.2) is 23.9 Å². The Bertz CT molecular complexity index is 325. The number of ether oxygens (including phenoxy) is 1. The van der Waals surface area contributed by atoms with Crippen molar-refractivity contribution in [3.8, 4) is 5.75 Å². The molecular formula is C11H14O3S. The molecule has 0 radical (unpaired) electrons. The first-order chi connectivity index (χ1) is 7.24. The number of hydrogen-bond acceptors (Lipinski definition) is 4. The molecule has 0 unspecified atom stereocenters. The average molecular weight is 226 g/mol. The van der Waals surface area contributed by atoms with Gasteiger partial charge in [-0.2, -0.15) is 0 Å². The van der Waals surface area contributed by atoms with Crippen molar-refractivity contribution in [1.29, 1.82) is 0 Å². The second kappa shape index (κ2) is 6.35. The number of rotatable bonds is 5. The molecule has 0 aliphatic heterocycles. The third kappa shape index (κ3) is 4.25. The van der Waals surface area contributed by atoms with Crippen LogP contribution in [0.4, 0.5) is 0 Å². The molecular weight excluding hydrogens is 212 g/mol. The summed E-state index contributed by atoms with van der Waals surface area (Å²) in [6.45, 7) is 0. The lowest BCUT2D eigenvalue weighted by Crippen LogP contribution is -1.99. The van der Waals surface area contributed by atoms with Crippen LogP contribution in [-0.2, 0) is 9.53 Å². The molecule has 4 heteroatoms. The van der Waals surface area contributed by atoms with Crippen molar-refractivity contribution < 1.29 is 14.6 Å². The summed E-state index contributed by atoms with van der Waals surface area (Å²) < 4.78 is 4.53. The monoisotopic (exact) mass is 226 g/mol. The number of esters is 1. The lowest BCUT2D eigenvalue weighted by Gasteiger charge is -2.03. The van der Waals surface area contributed by atoms with Gasteiger partial charge in [-0.3, -0.25) is 4.79 Å². The van der Waals surface area contributed by atoms with Gasteiger partial charge in [0.15, 0.2) is 0 Å². The van der Waals surface area contributed by atoms with E-state index < -0.39 is 0 Å². The molecule has 1 N–H and O–H groups in total. The first kappa shape index (κ1) is 11.9. The molecule has 0 saturated heterocycles. The number of phenolic OH excluding ortho intramolecular Hbond substituents is 1. The zero-order chi connectivity index (χ0) is 11.1. The molecule has 0 bridgehead atoms. The summed E-state index contributed by atoms with van der Waals surface area (Å²) in [5.41, 5.74) is 0. The van der Waals surface area contributed by atoms with Gasteiger partial charge >= 0.3 is 5.97 Å². The van der Waals surface area contributed by atoms with E-state index in [0.717, 1.165) is 17.1 Å². The number of phenols is 1. The van der Waals surface area contributed by atoms with Gasteiger partial charge in [0, 0.05) is 11.3 Å². The first-order valence-electron chi connectivity index (χ1n) is 4.71. The second-order valence-corrected chi connectivity index (χ2v) is 4.13. The van der Waals surface area contributed by atoms with Crippen molar-refractivity contribution in [3.05, 3.63) is 24.3 Å². The zero-order valence-electron chi connectivity index (χ0n) is 8.60. The predicted molar refractivity (Wildman–Crippen MR) is 60.1 cm³/mol. The summed E-state index contributed by atoms with van der Waals surface area (Å²) in [5, 5.41) is 9.45. The molecule has 0 aliphatic carbocycles. The summed E-state index contributed by atoms with van der Waals surface area (Å²) in [4.78, 5) is 11.7. The molecule has 3 nitrogen and oxygen atoms in total. The number of hydrogen-bond donors (Lipinski definition) is 1. The second-order valence-electron chi connectivity index (χ2n) is 3.00. The number of aromatic hydroxyl groups is 1. The summed E-state index contributed by atoms with van der Waals surface area (Å²) in [7, 11) is 1.39. The molecule has 0 spiro atoms. The highest BCUT2D eigenvalue weighted by Crippen LogP contribution is 2.28. The molecule has 1 aromatic carbocycles. The number of thioether (sulfide) groups is 1. The quantitative estimate of drug-likeness (QED) is 0.476. The summed E-state index contributed by atoms with van der Waals surface area (Å²) in [6, 6.07) is 7.18. The van der Waals surface area contributed by atoms with Gasteiger partial charge in [-0.25, -0.2) is 0 Å². The number of benzene rings is 1. The van der Waals surface area contributed by atoms with Crippen molar-refractivity contribution in [2.75, 3.05) is 12.9 Å². The third-order valence-electron chi connectivity index (χ3n) is 1.88. The molecule has 0 aliphatic rings. The van der Waals surface area contributed by atoms with Crippen LogP contribution in [0.15, 0.2) is 29.2 Å². The molecule has 1 rings (SSSR count). The summed E-state index contributed by atoms with van der Waals surface area (Å²) in [5.74, 6) is 0.903. The van der Waals surface area contributed by atoms with E-state index >= 15 is 0 Å². The van der Waals surface area contributed by atoms with Gasteiger partial charge in [0.2, 0.25) is 0 Å². The lowest BCUT2D eigenvalue weighted by molar-refractivity contribution is -0.140. The minimum Gasteiger partial charge on any atom is -0.507 e. The van der Waals surface area contributed by atoms with Crippen LogP contribution in [0.5, 0.6) is 5.75 Å². The van der Waals surface area contributed by atoms with Crippen LogP contribution in [0.1, 0.15) is 12.8 Å². The van der Waals surface area contributed by atoms with Crippen LogP contribution in [0.2, 0.25) is 0 Å². The topological polar surface area (TPSA) is 46.5 Å². The smallest absolute Gasteiger partial charge is 0.305 e. The minimum absolute atomic E-state index is 0.187. The van der Waals surface area contributed by atoms with E-state index in [9.17, 15) is 9.90 Å². The normalized spacial score (nSPS) is 9.93. The van der Waals surface area contributed by atoms with Crippen molar-refractivity contribution in [3.63, 3.8) is 0 Å².